The highest BCUT2D eigenvalue weighted by Crippen LogP contribution is 2.44. The molecule has 2 saturated heterocycles. The van der Waals surface area contributed by atoms with Crippen molar-refractivity contribution in [2.75, 3.05) is 26.2 Å². The van der Waals surface area contributed by atoms with Crippen LogP contribution in [0.15, 0.2) is 28.8 Å². The number of aromatic nitrogens is 2. The minimum absolute atomic E-state index is 0.0562. The van der Waals surface area contributed by atoms with Crippen molar-refractivity contribution in [3.05, 3.63) is 47.1 Å². The molecule has 1 aromatic carbocycles. The normalized spacial score (nSPS) is 24.3. The Bertz CT molecular complexity index is 956. The second-order valence-electron chi connectivity index (χ2n) is 8.88. The number of carboxylic acid groups (broad SMARTS) is 1. The molecule has 1 N–H and O–H groups in total. The minimum atomic E-state index is -0.924. The highest BCUT2D eigenvalue weighted by atomic mass is 16.5. The molecule has 2 aliphatic rings. The van der Waals surface area contributed by atoms with E-state index in [-0.39, 0.29) is 11.8 Å². The van der Waals surface area contributed by atoms with E-state index in [9.17, 15) is 14.7 Å². The summed E-state index contributed by atoms with van der Waals surface area (Å²) < 4.78 is 5.64. The molecular formula is C22H28N4O4. The molecule has 3 heterocycles. The predicted molar refractivity (Wildman–Crippen MR) is 109 cm³/mol. The molecule has 30 heavy (non-hydrogen) atoms. The first-order valence-electron chi connectivity index (χ1n) is 10.4. The molecule has 0 radical (unpaired) electrons. The lowest BCUT2D eigenvalue weighted by atomic mass is 9.73. The second-order valence-corrected chi connectivity index (χ2v) is 8.88. The highest BCUT2D eigenvalue weighted by Gasteiger charge is 2.55. The summed E-state index contributed by atoms with van der Waals surface area (Å²) in [5, 5.41) is 13.3. The highest BCUT2D eigenvalue weighted by molar-refractivity contribution is 5.87. The molecule has 1 amide bonds. The van der Waals surface area contributed by atoms with Gasteiger partial charge in [0.25, 0.3) is 0 Å². The van der Waals surface area contributed by atoms with Gasteiger partial charge in [0, 0.05) is 38.6 Å². The smallest absolute Gasteiger partial charge is 0.335 e. The topological polar surface area (TPSA) is 99.8 Å². The van der Waals surface area contributed by atoms with Gasteiger partial charge in [-0.05, 0) is 37.0 Å². The van der Waals surface area contributed by atoms with Crippen LogP contribution >= 0.6 is 0 Å². The number of rotatable bonds is 5. The largest absolute Gasteiger partial charge is 0.478 e. The molecule has 0 saturated carbocycles. The maximum Gasteiger partial charge on any atom is 0.335 e. The summed E-state index contributed by atoms with van der Waals surface area (Å²) in [7, 11) is 0. The van der Waals surface area contributed by atoms with Crippen molar-refractivity contribution < 1.29 is 19.2 Å². The van der Waals surface area contributed by atoms with Gasteiger partial charge in [-0.15, -0.1) is 0 Å². The third-order valence-electron chi connectivity index (χ3n) is 6.33. The van der Waals surface area contributed by atoms with E-state index in [0.717, 1.165) is 25.1 Å². The quantitative estimate of drug-likeness (QED) is 0.804. The number of benzene rings is 1. The van der Waals surface area contributed by atoms with Crippen molar-refractivity contribution in [1.29, 1.82) is 0 Å². The first-order chi connectivity index (χ1) is 14.3. The van der Waals surface area contributed by atoms with Gasteiger partial charge >= 0.3 is 5.97 Å². The molecule has 0 spiro atoms. The molecule has 1 aromatic heterocycles. The summed E-state index contributed by atoms with van der Waals surface area (Å²) in [6, 6.07) is 7.06. The number of fused-ring (bicyclic) bond motifs is 1. The van der Waals surface area contributed by atoms with E-state index in [2.05, 4.69) is 15.0 Å². The summed E-state index contributed by atoms with van der Waals surface area (Å²) in [5.74, 6) is 0.672. The number of carbonyl (C=O) groups is 2. The van der Waals surface area contributed by atoms with Gasteiger partial charge in [-0.2, -0.15) is 4.98 Å². The third-order valence-corrected chi connectivity index (χ3v) is 6.33. The van der Waals surface area contributed by atoms with Crippen molar-refractivity contribution >= 4 is 11.9 Å². The number of amides is 1. The zero-order chi connectivity index (χ0) is 21.5. The van der Waals surface area contributed by atoms with Crippen LogP contribution in [0, 0.1) is 18.8 Å². The van der Waals surface area contributed by atoms with Crippen LogP contribution in [0.25, 0.3) is 0 Å². The Labute approximate surface area is 175 Å². The van der Waals surface area contributed by atoms with Gasteiger partial charge in [0.05, 0.1) is 11.0 Å². The van der Waals surface area contributed by atoms with Crippen molar-refractivity contribution in [2.24, 2.45) is 11.8 Å². The first-order valence-corrected chi connectivity index (χ1v) is 10.4. The lowest BCUT2D eigenvalue weighted by Crippen LogP contribution is -2.54. The minimum Gasteiger partial charge on any atom is -0.478 e. The number of piperidine rings is 1. The average molecular weight is 412 g/mol. The van der Waals surface area contributed by atoms with Crippen molar-refractivity contribution in [3.63, 3.8) is 0 Å². The number of hydrogen-bond acceptors (Lipinski definition) is 6. The molecule has 4 rings (SSSR count). The molecule has 2 aromatic rings. The molecule has 160 valence electrons. The van der Waals surface area contributed by atoms with E-state index in [1.807, 2.05) is 31.7 Å². The Morgan fingerprint density at radius 3 is 2.80 bits per heavy atom. The Balaban J connectivity index is 1.61. The van der Waals surface area contributed by atoms with Crippen molar-refractivity contribution in [2.45, 2.75) is 39.2 Å². The van der Waals surface area contributed by atoms with Crippen LogP contribution < -0.4 is 0 Å². The molecule has 0 unspecified atom stereocenters. The molecule has 2 fully saturated rings. The predicted octanol–water partition coefficient (Wildman–Crippen LogP) is 2.33. The number of carboxylic acids is 1. The Morgan fingerprint density at radius 2 is 2.13 bits per heavy atom. The van der Waals surface area contributed by atoms with Gasteiger partial charge in [0.15, 0.2) is 5.82 Å². The van der Waals surface area contributed by atoms with E-state index >= 15 is 0 Å². The van der Waals surface area contributed by atoms with Gasteiger partial charge in [0.1, 0.15) is 0 Å². The van der Waals surface area contributed by atoms with Crippen LogP contribution in [-0.4, -0.2) is 63.1 Å². The maximum atomic E-state index is 12.7. The number of carbonyl (C=O) groups excluding carboxylic acids is 1. The van der Waals surface area contributed by atoms with Gasteiger partial charge in [-0.3, -0.25) is 9.69 Å². The second kappa shape index (κ2) is 7.83. The van der Waals surface area contributed by atoms with Gasteiger partial charge < -0.3 is 14.5 Å². The van der Waals surface area contributed by atoms with Crippen LogP contribution in [0.5, 0.6) is 0 Å². The fourth-order valence-corrected chi connectivity index (χ4v) is 4.90. The molecule has 2 atom stereocenters. The lowest BCUT2D eigenvalue weighted by Gasteiger charge is -2.42. The molecule has 0 bridgehead atoms. The van der Waals surface area contributed by atoms with Gasteiger partial charge in [-0.1, -0.05) is 31.1 Å². The number of hydrogen-bond donors (Lipinski definition) is 1. The van der Waals surface area contributed by atoms with E-state index in [4.69, 9.17) is 4.52 Å². The van der Waals surface area contributed by atoms with Crippen LogP contribution in [-0.2, 0) is 16.8 Å². The molecular weight excluding hydrogens is 384 g/mol. The summed E-state index contributed by atoms with van der Waals surface area (Å²) in [5.41, 5.74) is 0.856. The van der Waals surface area contributed by atoms with Gasteiger partial charge in [-0.25, -0.2) is 4.79 Å². The Kier molecular flexibility index (Phi) is 5.36. The number of likely N-dealkylation sites (tertiary alicyclic amines) is 2. The third kappa shape index (κ3) is 3.71. The maximum absolute atomic E-state index is 12.7. The standard InChI is InChI=1S/C22H28N4O4/c1-14(2)19(27)26-8-7-18-11-25(10-16-5-4-6-17(9-16)20(28)29)12-22(18,13-26)21-23-15(3)24-30-21/h4-6,9,14,18H,7-8,10-13H2,1-3H3,(H,28,29)/t18-,22+/m0/s1. The summed E-state index contributed by atoms with van der Waals surface area (Å²) in [6.07, 6.45) is 0.881. The lowest BCUT2D eigenvalue weighted by molar-refractivity contribution is -0.137. The SMILES string of the molecule is Cc1noc([C@@]23CN(Cc4cccc(C(=O)O)c4)C[C@@H]2CCN(C(=O)C(C)C)C3)n1. The fraction of sp³-hybridized carbons (Fsp3) is 0.545. The van der Waals surface area contributed by atoms with E-state index < -0.39 is 11.4 Å². The van der Waals surface area contributed by atoms with Gasteiger partial charge in [0.2, 0.25) is 11.8 Å². The molecule has 2 aliphatic heterocycles. The number of aryl methyl sites for hydroxylation is 1. The Morgan fingerprint density at radius 1 is 1.33 bits per heavy atom. The van der Waals surface area contributed by atoms with E-state index in [1.165, 1.54) is 0 Å². The van der Waals surface area contributed by atoms with Crippen LogP contribution in [0.1, 0.15) is 47.9 Å². The molecule has 8 heteroatoms. The fourth-order valence-electron chi connectivity index (χ4n) is 4.90. The number of nitrogens with zero attached hydrogens (tertiary/aromatic N) is 4. The summed E-state index contributed by atoms with van der Waals surface area (Å²) in [6.45, 7) is 9.15. The van der Waals surface area contributed by atoms with Crippen LogP contribution in [0.4, 0.5) is 0 Å². The zero-order valence-corrected chi connectivity index (χ0v) is 17.7. The van der Waals surface area contributed by atoms with E-state index in [0.29, 0.717) is 42.8 Å². The first kappa shape index (κ1) is 20.5. The zero-order valence-electron chi connectivity index (χ0n) is 17.7. The average Bonchev–Trinajstić information content (AvgIpc) is 3.30. The summed E-state index contributed by atoms with van der Waals surface area (Å²) >= 11 is 0. The number of aromatic carboxylic acids is 1. The summed E-state index contributed by atoms with van der Waals surface area (Å²) in [4.78, 5) is 32.9. The van der Waals surface area contributed by atoms with E-state index in [1.54, 1.807) is 18.2 Å². The van der Waals surface area contributed by atoms with Crippen LogP contribution in [0.3, 0.4) is 0 Å². The monoisotopic (exact) mass is 412 g/mol. The Hall–Kier alpha value is -2.74. The van der Waals surface area contributed by atoms with Crippen LogP contribution in [0.2, 0.25) is 0 Å². The van der Waals surface area contributed by atoms with Crippen molar-refractivity contribution in [3.8, 4) is 0 Å². The van der Waals surface area contributed by atoms with Crippen molar-refractivity contribution in [1.82, 2.24) is 19.9 Å². The molecule has 8 nitrogen and oxygen atoms in total. The molecule has 0 aliphatic carbocycles.